The second-order valence-corrected chi connectivity index (χ2v) is 17.9. The van der Waals surface area contributed by atoms with Crippen LogP contribution in [-0.4, -0.2) is 24.1 Å². The van der Waals surface area contributed by atoms with Gasteiger partial charge in [-0.3, -0.25) is 0 Å². The zero-order valence-corrected chi connectivity index (χ0v) is 37.0. The quantitative estimate of drug-likeness (QED) is 0.173. The van der Waals surface area contributed by atoms with Crippen LogP contribution in [0.25, 0.3) is 143 Å². The second kappa shape index (κ2) is 14.6. The maximum Gasteiger partial charge on any atom is 0.167 e. The van der Waals surface area contributed by atoms with Crippen molar-refractivity contribution in [3.8, 4) is 45.5 Å². The van der Waals surface area contributed by atoms with Gasteiger partial charge in [-0.1, -0.05) is 164 Å². The molecule has 0 aliphatic rings. The highest BCUT2D eigenvalue weighted by Crippen LogP contribution is 2.45. The Morgan fingerprint density at radius 3 is 1.71 bits per heavy atom. The van der Waals surface area contributed by atoms with Crippen molar-refractivity contribution in [2.75, 3.05) is 0 Å². The third-order valence-electron chi connectivity index (χ3n) is 14.1. The van der Waals surface area contributed by atoms with Crippen molar-refractivity contribution >= 4 is 97.9 Å². The molecule has 0 bridgehead atoms. The molecule has 0 unspecified atom stereocenters. The van der Waals surface area contributed by atoms with Gasteiger partial charge >= 0.3 is 0 Å². The fraction of sp³-hybridized carbons (Fsp3) is 0. The lowest BCUT2D eigenvalue weighted by Gasteiger charge is -2.14. The number of hydrogen-bond donors (Lipinski definition) is 0. The molecule has 15 rings (SSSR count). The van der Waals surface area contributed by atoms with Gasteiger partial charge in [-0.2, -0.15) is 0 Å². The molecule has 4 heterocycles. The molecule has 0 radical (unpaired) electrons. The highest BCUT2D eigenvalue weighted by Gasteiger charge is 2.25. The van der Waals surface area contributed by atoms with E-state index < -0.39 is 0 Å². The molecule has 320 valence electrons. The summed E-state index contributed by atoms with van der Waals surface area (Å²) < 4.78 is 11.8. The first kappa shape index (κ1) is 37.8. The lowest BCUT2D eigenvalue weighted by atomic mass is 10.0. The van der Waals surface area contributed by atoms with Crippen molar-refractivity contribution in [3.05, 3.63) is 224 Å². The molecular weight excluding hydrogens is 843 g/mol. The Morgan fingerprint density at radius 1 is 0.304 bits per heavy atom. The molecule has 0 saturated heterocycles. The standard InChI is InChI=1S/C63H37N5O/c1-2-21-42(22-3-1)67-51-29-12-10-25-46(51)58-48(28-15-30-52(58)67)62-64-61(45-27-14-20-38-16-6-8-23-43(38)45)65-63(66-62)49-33-35-54(59-47-26-11-13-31-56(47)69-60(49)59)68-53-34-32-39-17-7-9-24-44(39)57(53)50-36-40-18-4-5-19-41(40)37-55(50)68/h1-37H. The first-order chi connectivity index (χ1) is 34.2. The summed E-state index contributed by atoms with van der Waals surface area (Å²) in [5.74, 6) is 1.70. The van der Waals surface area contributed by atoms with E-state index in [-0.39, 0.29) is 0 Å². The molecule has 0 spiro atoms. The molecule has 0 N–H and O–H groups in total. The largest absolute Gasteiger partial charge is 0.455 e. The molecule has 6 heteroatoms. The summed E-state index contributed by atoms with van der Waals surface area (Å²) in [4.78, 5) is 16.4. The Balaban J connectivity index is 1.04. The molecule has 0 aliphatic heterocycles. The van der Waals surface area contributed by atoms with Crippen LogP contribution >= 0.6 is 0 Å². The van der Waals surface area contributed by atoms with Crippen LogP contribution in [0.1, 0.15) is 0 Å². The van der Waals surface area contributed by atoms with E-state index in [2.05, 4.69) is 228 Å². The van der Waals surface area contributed by atoms with Gasteiger partial charge in [0.15, 0.2) is 17.5 Å². The first-order valence-electron chi connectivity index (χ1n) is 23.4. The van der Waals surface area contributed by atoms with Crippen molar-refractivity contribution in [1.82, 2.24) is 24.1 Å². The fourth-order valence-electron chi connectivity index (χ4n) is 11.1. The Bertz CT molecular complexity index is 4610. The van der Waals surface area contributed by atoms with Crippen LogP contribution in [0.3, 0.4) is 0 Å². The Morgan fingerprint density at radius 2 is 0.884 bits per heavy atom. The van der Waals surface area contributed by atoms with E-state index in [1.165, 1.54) is 32.3 Å². The molecule has 69 heavy (non-hydrogen) atoms. The minimum absolute atomic E-state index is 0.529. The summed E-state index contributed by atoms with van der Waals surface area (Å²) in [5.41, 5.74) is 10.7. The summed E-state index contributed by atoms with van der Waals surface area (Å²) in [7, 11) is 0. The number of fused-ring (bicyclic) bond motifs is 13. The van der Waals surface area contributed by atoms with Crippen LogP contribution < -0.4 is 0 Å². The van der Waals surface area contributed by atoms with Gasteiger partial charge in [0.05, 0.1) is 38.7 Å². The topological polar surface area (TPSA) is 61.7 Å². The molecule has 0 atom stereocenters. The van der Waals surface area contributed by atoms with Crippen molar-refractivity contribution in [2.24, 2.45) is 0 Å². The zero-order chi connectivity index (χ0) is 45.2. The molecule has 15 aromatic rings. The molecule has 0 fully saturated rings. The van der Waals surface area contributed by atoms with Gasteiger partial charge in [0.1, 0.15) is 11.2 Å². The Hall–Kier alpha value is -9.39. The molecule has 0 saturated carbocycles. The monoisotopic (exact) mass is 879 g/mol. The number of para-hydroxylation sites is 3. The summed E-state index contributed by atoms with van der Waals surface area (Å²) in [6, 6.07) is 79.6. The molecule has 0 amide bonds. The summed E-state index contributed by atoms with van der Waals surface area (Å²) in [5, 5.41) is 13.6. The average molecular weight is 880 g/mol. The fourth-order valence-corrected chi connectivity index (χ4v) is 11.1. The highest BCUT2D eigenvalue weighted by atomic mass is 16.3. The molecule has 11 aromatic carbocycles. The molecule has 0 aliphatic carbocycles. The van der Waals surface area contributed by atoms with E-state index in [1.807, 2.05) is 6.07 Å². The van der Waals surface area contributed by atoms with Crippen LogP contribution in [0, 0.1) is 0 Å². The van der Waals surface area contributed by atoms with E-state index >= 15 is 0 Å². The lowest BCUT2D eigenvalue weighted by molar-refractivity contribution is 0.669. The van der Waals surface area contributed by atoms with Crippen LogP contribution in [0.2, 0.25) is 0 Å². The van der Waals surface area contributed by atoms with Crippen LogP contribution in [0.5, 0.6) is 0 Å². The number of furan rings is 1. The average Bonchev–Trinajstić information content (AvgIpc) is 4.08. The number of aromatic nitrogens is 5. The minimum Gasteiger partial charge on any atom is -0.455 e. The summed E-state index contributed by atoms with van der Waals surface area (Å²) in [6.07, 6.45) is 0. The maximum atomic E-state index is 7.07. The number of benzene rings is 11. The normalized spacial score (nSPS) is 12.1. The molecular formula is C63H37N5O. The van der Waals surface area contributed by atoms with Gasteiger partial charge in [-0.05, 0) is 93.0 Å². The van der Waals surface area contributed by atoms with Crippen LogP contribution in [0.4, 0.5) is 0 Å². The molecule has 4 aromatic heterocycles. The second-order valence-electron chi connectivity index (χ2n) is 17.9. The maximum absolute atomic E-state index is 7.07. The van der Waals surface area contributed by atoms with Gasteiger partial charge in [-0.25, -0.2) is 15.0 Å². The van der Waals surface area contributed by atoms with E-state index in [0.717, 1.165) is 88.0 Å². The minimum atomic E-state index is 0.529. The van der Waals surface area contributed by atoms with E-state index in [4.69, 9.17) is 19.4 Å². The highest BCUT2D eigenvalue weighted by molar-refractivity contribution is 6.25. The van der Waals surface area contributed by atoms with Gasteiger partial charge < -0.3 is 13.6 Å². The Kier molecular flexibility index (Phi) is 7.97. The van der Waals surface area contributed by atoms with Gasteiger partial charge in [0.25, 0.3) is 0 Å². The van der Waals surface area contributed by atoms with E-state index in [1.54, 1.807) is 0 Å². The third-order valence-corrected chi connectivity index (χ3v) is 14.1. The van der Waals surface area contributed by atoms with E-state index in [0.29, 0.717) is 23.1 Å². The number of hydrogen-bond acceptors (Lipinski definition) is 4. The van der Waals surface area contributed by atoms with Gasteiger partial charge in [0.2, 0.25) is 0 Å². The van der Waals surface area contributed by atoms with Crippen molar-refractivity contribution in [3.63, 3.8) is 0 Å². The number of rotatable bonds is 5. The summed E-state index contributed by atoms with van der Waals surface area (Å²) >= 11 is 0. The predicted molar refractivity (Wildman–Crippen MR) is 285 cm³/mol. The Labute approximate surface area is 394 Å². The van der Waals surface area contributed by atoms with Crippen LogP contribution in [0.15, 0.2) is 229 Å². The van der Waals surface area contributed by atoms with Gasteiger partial charge in [0, 0.05) is 43.7 Å². The van der Waals surface area contributed by atoms with E-state index in [9.17, 15) is 0 Å². The lowest BCUT2D eigenvalue weighted by Crippen LogP contribution is -2.02. The zero-order valence-electron chi connectivity index (χ0n) is 37.0. The van der Waals surface area contributed by atoms with Crippen molar-refractivity contribution in [2.45, 2.75) is 0 Å². The van der Waals surface area contributed by atoms with Crippen molar-refractivity contribution in [1.29, 1.82) is 0 Å². The van der Waals surface area contributed by atoms with Crippen LogP contribution in [-0.2, 0) is 0 Å². The SMILES string of the molecule is c1ccc(-n2c3ccccc3c3c(-c4nc(-c5cccc6ccccc56)nc(-c5ccc(-n6c7cc8ccccc8cc7c7c8ccccc8ccc76)c6c5oc5ccccc56)n4)cccc32)cc1. The van der Waals surface area contributed by atoms with Crippen molar-refractivity contribution < 1.29 is 4.42 Å². The number of nitrogens with zero attached hydrogens (tertiary/aromatic N) is 5. The third kappa shape index (κ3) is 5.57. The molecule has 6 nitrogen and oxygen atoms in total. The smallest absolute Gasteiger partial charge is 0.167 e. The summed E-state index contributed by atoms with van der Waals surface area (Å²) in [6.45, 7) is 0. The predicted octanol–water partition coefficient (Wildman–Crippen LogP) is 16.4. The van der Waals surface area contributed by atoms with Gasteiger partial charge in [-0.15, -0.1) is 0 Å². The first-order valence-corrected chi connectivity index (χ1v) is 23.4.